The van der Waals surface area contributed by atoms with E-state index in [9.17, 15) is 22.7 Å². The lowest BCUT2D eigenvalue weighted by molar-refractivity contribution is 0.101. The number of nitrogens with one attached hydrogen (secondary N) is 1. The lowest BCUT2D eigenvalue weighted by atomic mass is 9.92. The molecule has 0 aliphatic carbocycles. The SMILES string of the molecule is COc1cnc(C(=O)Nc2ccc(F)c(C3(CF)CS(O)(O)C(C)(C)C(N)=N3)c2)c(OC)n1. The highest BCUT2D eigenvalue weighted by atomic mass is 32.3. The number of anilines is 1. The predicted molar refractivity (Wildman–Crippen MR) is 121 cm³/mol. The summed E-state index contributed by atoms with van der Waals surface area (Å²) in [6, 6.07) is 3.43. The van der Waals surface area contributed by atoms with Gasteiger partial charge >= 0.3 is 0 Å². The van der Waals surface area contributed by atoms with Crippen LogP contribution in [0.25, 0.3) is 0 Å². The van der Waals surface area contributed by atoms with Crippen LogP contribution in [0.5, 0.6) is 11.8 Å². The minimum absolute atomic E-state index is 0.0824. The zero-order chi connectivity index (χ0) is 24.6. The number of methoxy groups -OCH3 is 2. The van der Waals surface area contributed by atoms with Crippen molar-refractivity contribution in [1.29, 1.82) is 0 Å². The highest BCUT2D eigenvalue weighted by molar-refractivity contribution is 8.26. The molecule has 0 radical (unpaired) electrons. The first-order valence-electron chi connectivity index (χ1n) is 9.64. The van der Waals surface area contributed by atoms with E-state index in [1.54, 1.807) is 0 Å². The molecule has 1 aliphatic heterocycles. The highest BCUT2D eigenvalue weighted by Gasteiger charge is 2.51. The van der Waals surface area contributed by atoms with Crippen molar-refractivity contribution in [2.75, 3.05) is 32.0 Å². The fraction of sp³-hybridized carbons (Fsp3) is 0.400. The van der Waals surface area contributed by atoms with Crippen molar-refractivity contribution in [2.24, 2.45) is 10.7 Å². The molecule has 5 N–H and O–H groups in total. The van der Waals surface area contributed by atoms with Crippen molar-refractivity contribution >= 4 is 28.0 Å². The summed E-state index contributed by atoms with van der Waals surface area (Å²) < 4.78 is 59.1. The third kappa shape index (κ3) is 4.30. The van der Waals surface area contributed by atoms with Crippen molar-refractivity contribution in [3.8, 4) is 11.8 Å². The number of benzene rings is 1. The number of aromatic nitrogens is 2. The number of hydrogen-bond acceptors (Lipinski definition) is 9. The Morgan fingerprint density at radius 2 is 2.00 bits per heavy atom. The first-order valence-corrected chi connectivity index (χ1v) is 11.4. The summed E-state index contributed by atoms with van der Waals surface area (Å²) in [6.45, 7) is 1.70. The molecule has 1 amide bonds. The number of aliphatic imine (C=N–C) groups is 1. The number of alkyl halides is 1. The van der Waals surface area contributed by atoms with Gasteiger partial charge < -0.3 is 20.5 Å². The second-order valence-corrected chi connectivity index (χ2v) is 10.5. The first kappa shape index (κ1) is 24.6. The molecule has 0 spiro atoms. The van der Waals surface area contributed by atoms with Crippen LogP contribution in [0.2, 0.25) is 0 Å². The van der Waals surface area contributed by atoms with E-state index in [-0.39, 0.29) is 34.5 Å². The maximum Gasteiger partial charge on any atom is 0.279 e. The number of ether oxygens (including phenoxy) is 2. The van der Waals surface area contributed by atoms with E-state index < -0.39 is 45.0 Å². The van der Waals surface area contributed by atoms with Crippen LogP contribution in [0.1, 0.15) is 29.9 Å². The number of hydrogen-bond donors (Lipinski definition) is 4. The molecule has 1 atom stereocenters. The minimum Gasteiger partial charge on any atom is -0.480 e. The molecule has 1 aromatic heterocycles. The molecule has 1 aromatic carbocycles. The van der Waals surface area contributed by atoms with E-state index in [0.29, 0.717) is 0 Å². The van der Waals surface area contributed by atoms with E-state index in [0.717, 1.165) is 6.07 Å². The van der Waals surface area contributed by atoms with Crippen LogP contribution in [-0.2, 0) is 5.54 Å². The number of nitrogens with two attached hydrogens (primary N) is 1. The molecule has 3 rings (SSSR count). The summed E-state index contributed by atoms with van der Waals surface area (Å²) in [4.78, 5) is 24.8. The average Bonchev–Trinajstić information content (AvgIpc) is 2.78. The third-order valence-electron chi connectivity index (χ3n) is 5.49. The van der Waals surface area contributed by atoms with Gasteiger partial charge in [0.25, 0.3) is 5.91 Å². The van der Waals surface area contributed by atoms with Gasteiger partial charge in [-0.25, -0.2) is 13.8 Å². The summed E-state index contributed by atoms with van der Waals surface area (Å²) in [7, 11) is -0.812. The first-order chi connectivity index (χ1) is 15.4. The Balaban J connectivity index is 2.01. The maximum absolute atomic E-state index is 14.8. The Labute approximate surface area is 190 Å². The van der Waals surface area contributed by atoms with Crippen LogP contribution >= 0.6 is 10.6 Å². The number of carbonyl (C=O) groups excluding carboxylic acids is 1. The van der Waals surface area contributed by atoms with Gasteiger partial charge in [0.15, 0.2) is 5.69 Å². The topological polar surface area (TPSA) is 152 Å². The summed E-state index contributed by atoms with van der Waals surface area (Å²) in [5.41, 5.74) is 3.59. The van der Waals surface area contributed by atoms with Gasteiger partial charge in [-0.1, -0.05) is 0 Å². The number of halogens is 2. The van der Waals surface area contributed by atoms with E-state index >= 15 is 0 Å². The normalized spacial score (nSPS) is 22.1. The van der Waals surface area contributed by atoms with Gasteiger partial charge in [-0.15, -0.1) is 0 Å². The molecule has 0 saturated carbocycles. The molecule has 1 aliphatic rings. The lowest BCUT2D eigenvalue weighted by Gasteiger charge is -2.53. The smallest absolute Gasteiger partial charge is 0.279 e. The molecular formula is C20H25F2N5O5S. The summed E-state index contributed by atoms with van der Waals surface area (Å²) in [6.07, 6.45) is 1.22. The number of carbonyl (C=O) groups is 1. The molecule has 2 aromatic rings. The fourth-order valence-electron chi connectivity index (χ4n) is 3.26. The van der Waals surface area contributed by atoms with Crippen molar-refractivity contribution in [1.82, 2.24) is 9.97 Å². The molecule has 180 valence electrons. The summed E-state index contributed by atoms with van der Waals surface area (Å²) >= 11 is 0. The van der Waals surface area contributed by atoms with E-state index in [1.807, 2.05) is 0 Å². The molecule has 10 nitrogen and oxygen atoms in total. The van der Waals surface area contributed by atoms with Crippen LogP contribution in [0.4, 0.5) is 14.5 Å². The third-order valence-corrected chi connectivity index (χ3v) is 8.22. The number of amidine groups is 1. The minimum atomic E-state index is -3.49. The van der Waals surface area contributed by atoms with Crippen molar-refractivity contribution < 1.29 is 32.2 Å². The van der Waals surface area contributed by atoms with Gasteiger partial charge in [0.05, 0.1) is 26.2 Å². The van der Waals surface area contributed by atoms with Crippen molar-refractivity contribution in [2.45, 2.75) is 24.1 Å². The van der Waals surface area contributed by atoms with Gasteiger partial charge in [0, 0.05) is 11.3 Å². The largest absolute Gasteiger partial charge is 0.480 e. The lowest BCUT2D eigenvalue weighted by Crippen LogP contribution is -2.53. The van der Waals surface area contributed by atoms with E-state index in [1.165, 1.54) is 46.4 Å². The number of rotatable bonds is 6. The highest BCUT2D eigenvalue weighted by Crippen LogP contribution is 2.59. The second-order valence-electron chi connectivity index (χ2n) is 7.90. The quantitative estimate of drug-likeness (QED) is 0.487. The second kappa shape index (κ2) is 8.72. The molecule has 0 fully saturated rings. The predicted octanol–water partition coefficient (Wildman–Crippen LogP) is 2.95. The molecule has 0 bridgehead atoms. The molecule has 2 heterocycles. The molecule has 0 saturated heterocycles. The van der Waals surface area contributed by atoms with Crippen LogP contribution in [0.15, 0.2) is 29.4 Å². The zero-order valence-corrected chi connectivity index (χ0v) is 19.2. The van der Waals surface area contributed by atoms with Crippen molar-refractivity contribution in [3.63, 3.8) is 0 Å². The van der Waals surface area contributed by atoms with Crippen molar-refractivity contribution in [3.05, 3.63) is 41.5 Å². The van der Waals surface area contributed by atoms with E-state index in [4.69, 9.17) is 15.2 Å². The Morgan fingerprint density at radius 1 is 1.30 bits per heavy atom. The van der Waals surface area contributed by atoms with Gasteiger partial charge in [0.1, 0.15) is 28.6 Å². The zero-order valence-electron chi connectivity index (χ0n) is 18.4. The van der Waals surface area contributed by atoms with Gasteiger partial charge in [-0.2, -0.15) is 15.6 Å². The Bertz CT molecular complexity index is 1110. The summed E-state index contributed by atoms with van der Waals surface area (Å²) in [5, 5.41) is 2.52. The van der Waals surface area contributed by atoms with Gasteiger partial charge in [0.2, 0.25) is 11.8 Å². The average molecular weight is 486 g/mol. The van der Waals surface area contributed by atoms with Gasteiger partial charge in [-0.05, 0) is 32.0 Å². The Kier molecular flexibility index (Phi) is 6.51. The number of amides is 1. The summed E-state index contributed by atoms with van der Waals surface area (Å²) in [5.74, 6) is -2.33. The maximum atomic E-state index is 14.8. The molecule has 1 unspecified atom stereocenters. The fourth-order valence-corrected chi connectivity index (χ4v) is 4.96. The van der Waals surface area contributed by atoms with Crippen LogP contribution in [0, 0.1) is 5.82 Å². The molecular weight excluding hydrogens is 460 g/mol. The van der Waals surface area contributed by atoms with Crippen LogP contribution in [0.3, 0.4) is 0 Å². The molecule has 13 heteroatoms. The van der Waals surface area contributed by atoms with Gasteiger partial charge in [-0.3, -0.25) is 18.9 Å². The Hall–Kier alpha value is -3.03. The number of nitrogens with zero attached hydrogens (tertiary/aromatic N) is 3. The standard InChI is InChI=1S/C20H25F2N5O5S/c1-19(2)18(23)27-20(9-21,10-33(19,29)30)12-7-11(5-6-13(12)22)25-16(28)15-17(32-4)26-14(31-3)8-24-15/h5-8,29-30H,9-10H2,1-4H3,(H2,23,27)(H,25,28). The van der Waals surface area contributed by atoms with E-state index in [2.05, 4.69) is 20.3 Å². The molecule has 33 heavy (non-hydrogen) atoms. The van der Waals surface area contributed by atoms with Crippen LogP contribution in [-0.4, -0.2) is 62.2 Å². The van der Waals surface area contributed by atoms with Crippen LogP contribution < -0.4 is 20.5 Å². The Morgan fingerprint density at radius 3 is 2.58 bits per heavy atom. The monoisotopic (exact) mass is 485 g/mol.